The van der Waals surface area contributed by atoms with E-state index in [0.717, 1.165) is 5.52 Å². The van der Waals surface area contributed by atoms with Crippen LogP contribution in [0.2, 0.25) is 0 Å². The topological polar surface area (TPSA) is 20.7 Å². The van der Waals surface area contributed by atoms with Crippen LogP contribution >= 0.6 is 0 Å². The van der Waals surface area contributed by atoms with Crippen LogP contribution in [0.5, 0.6) is 0 Å². The maximum absolute atomic E-state index is 3.64. The van der Waals surface area contributed by atoms with Crippen molar-refractivity contribution >= 4 is 43.6 Å². The Hall–Kier alpha value is -5.08. The summed E-state index contributed by atoms with van der Waals surface area (Å²) in [5, 5.41) is 5.04. The predicted octanol–water partition coefficient (Wildman–Crippen LogP) is 9.75. The van der Waals surface area contributed by atoms with E-state index in [4.69, 9.17) is 0 Å². The van der Waals surface area contributed by atoms with Gasteiger partial charge in [0, 0.05) is 38.3 Å². The smallest absolute Gasteiger partial charge is 0.0541 e. The molecule has 0 unspecified atom stereocenters. The highest BCUT2D eigenvalue weighted by molar-refractivity contribution is 6.13. The molecule has 2 nitrogen and oxygen atoms in total. The van der Waals surface area contributed by atoms with E-state index in [2.05, 4.69) is 149 Å². The van der Waals surface area contributed by atoms with Crippen molar-refractivity contribution in [3.8, 4) is 27.9 Å². The molecule has 2 heteroatoms. The fraction of sp³-hybridized carbons (Fsp3) is 0. The Kier molecular flexibility index (Phi) is 4.55. The molecule has 2 aromatic heterocycles. The van der Waals surface area contributed by atoms with Crippen LogP contribution in [-0.2, 0) is 0 Å². The van der Waals surface area contributed by atoms with Crippen molar-refractivity contribution in [3.05, 3.63) is 140 Å². The number of aromatic nitrogens is 2. The minimum Gasteiger partial charge on any atom is -0.354 e. The van der Waals surface area contributed by atoms with Gasteiger partial charge in [-0.3, -0.25) is 0 Å². The van der Waals surface area contributed by atoms with Gasteiger partial charge in [0.15, 0.2) is 0 Å². The standard InChI is InChI=1S/C36H24N2/c1-3-11-24(12-4-1)30-23-34-31(27-15-7-9-17-33(27)37-34)22-29(30)25-19-20-36-32(21-25)28-16-8-10-18-35(28)38(36)26-13-5-2-6-14-26/h1-23,37H. The van der Waals surface area contributed by atoms with Crippen molar-refractivity contribution in [1.82, 2.24) is 9.55 Å². The molecule has 6 aromatic carbocycles. The molecule has 0 saturated carbocycles. The number of nitrogens with zero attached hydrogens (tertiary/aromatic N) is 1. The van der Waals surface area contributed by atoms with E-state index < -0.39 is 0 Å². The number of fused-ring (bicyclic) bond motifs is 6. The van der Waals surface area contributed by atoms with Crippen LogP contribution in [0.1, 0.15) is 0 Å². The molecule has 0 amide bonds. The summed E-state index contributed by atoms with van der Waals surface area (Å²) in [4.78, 5) is 3.64. The number of benzene rings is 6. The van der Waals surface area contributed by atoms with E-state index in [-0.39, 0.29) is 0 Å². The van der Waals surface area contributed by atoms with Gasteiger partial charge in [-0.1, -0.05) is 91.0 Å². The van der Waals surface area contributed by atoms with Gasteiger partial charge in [0.1, 0.15) is 0 Å². The number of nitrogens with one attached hydrogen (secondary N) is 1. The second-order valence-corrected chi connectivity index (χ2v) is 9.90. The zero-order valence-corrected chi connectivity index (χ0v) is 20.7. The van der Waals surface area contributed by atoms with Gasteiger partial charge in [-0.15, -0.1) is 0 Å². The number of hydrogen-bond donors (Lipinski definition) is 1. The van der Waals surface area contributed by atoms with Crippen molar-refractivity contribution < 1.29 is 0 Å². The van der Waals surface area contributed by atoms with Crippen molar-refractivity contribution in [2.45, 2.75) is 0 Å². The Bertz CT molecular complexity index is 2110. The summed E-state index contributed by atoms with van der Waals surface area (Å²) in [5.41, 5.74) is 10.9. The zero-order valence-electron chi connectivity index (χ0n) is 20.7. The summed E-state index contributed by atoms with van der Waals surface area (Å²) in [5.74, 6) is 0. The average molecular weight is 485 g/mol. The molecule has 38 heavy (non-hydrogen) atoms. The Balaban J connectivity index is 1.44. The molecule has 0 fully saturated rings. The second kappa shape index (κ2) is 8.22. The summed E-state index contributed by atoms with van der Waals surface area (Å²) in [6.45, 7) is 0. The number of para-hydroxylation sites is 3. The number of H-pyrrole nitrogens is 1. The van der Waals surface area contributed by atoms with Crippen molar-refractivity contribution in [2.24, 2.45) is 0 Å². The molecule has 0 bridgehead atoms. The molecule has 178 valence electrons. The van der Waals surface area contributed by atoms with Crippen LogP contribution in [0.4, 0.5) is 0 Å². The van der Waals surface area contributed by atoms with Crippen LogP contribution in [-0.4, -0.2) is 9.55 Å². The minimum atomic E-state index is 1.16. The van der Waals surface area contributed by atoms with Gasteiger partial charge in [-0.25, -0.2) is 0 Å². The first-order valence-corrected chi connectivity index (χ1v) is 13.0. The summed E-state index contributed by atoms with van der Waals surface area (Å²) in [6.07, 6.45) is 0. The van der Waals surface area contributed by atoms with Crippen LogP contribution in [0.15, 0.2) is 140 Å². The Labute approximate surface area is 220 Å². The Morgan fingerprint density at radius 1 is 0.395 bits per heavy atom. The average Bonchev–Trinajstić information content (AvgIpc) is 3.52. The van der Waals surface area contributed by atoms with Gasteiger partial charge in [0.2, 0.25) is 0 Å². The van der Waals surface area contributed by atoms with E-state index in [1.807, 2.05) is 0 Å². The van der Waals surface area contributed by atoms with Crippen molar-refractivity contribution in [1.29, 1.82) is 0 Å². The van der Waals surface area contributed by atoms with Gasteiger partial charge in [-0.2, -0.15) is 0 Å². The lowest BCUT2D eigenvalue weighted by Crippen LogP contribution is -1.93. The number of rotatable bonds is 3. The van der Waals surface area contributed by atoms with Gasteiger partial charge in [0.05, 0.1) is 11.0 Å². The first kappa shape index (κ1) is 21.0. The maximum Gasteiger partial charge on any atom is 0.0541 e. The molecule has 0 spiro atoms. The highest BCUT2D eigenvalue weighted by atomic mass is 15.0. The monoisotopic (exact) mass is 484 g/mol. The maximum atomic E-state index is 3.64. The first-order valence-electron chi connectivity index (χ1n) is 13.0. The summed E-state index contributed by atoms with van der Waals surface area (Å²) >= 11 is 0. The molecular formula is C36H24N2. The van der Waals surface area contributed by atoms with Crippen LogP contribution in [0.3, 0.4) is 0 Å². The van der Waals surface area contributed by atoms with E-state index in [9.17, 15) is 0 Å². The van der Waals surface area contributed by atoms with Gasteiger partial charge in [-0.05, 0) is 70.8 Å². The normalized spacial score (nSPS) is 11.7. The van der Waals surface area contributed by atoms with Crippen molar-refractivity contribution in [3.63, 3.8) is 0 Å². The van der Waals surface area contributed by atoms with Crippen LogP contribution < -0.4 is 0 Å². The summed E-state index contributed by atoms with van der Waals surface area (Å²) in [7, 11) is 0. The zero-order chi connectivity index (χ0) is 25.1. The molecule has 0 saturated heterocycles. The van der Waals surface area contributed by atoms with Crippen molar-refractivity contribution in [2.75, 3.05) is 0 Å². The van der Waals surface area contributed by atoms with Crippen LogP contribution in [0, 0.1) is 0 Å². The third-order valence-corrected chi connectivity index (χ3v) is 7.73. The SMILES string of the molecule is c1ccc(-c2cc3[nH]c4ccccc4c3cc2-c2ccc3c(c2)c2ccccc2n3-c2ccccc2)cc1. The molecule has 0 aliphatic heterocycles. The molecule has 2 heterocycles. The second-order valence-electron chi connectivity index (χ2n) is 9.90. The third kappa shape index (κ3) is 3.14. The van der Waals surface area contributed by atoms with E-state index in [0.29, 0.717) is 0 Å². The van der Waals surface area contributed by atoms with E-state index >= 15 is 0 Å². The highest BCUT2D eigenvalue weighted by Gasteiger charge is 2.16. The fourth-order valence-electron chi connectivity index (χ4n) is 5.99. The minimum absolute atomic E-state index is 1.16. The molecular weight excluding hydrogens is 460 g/mol. The molecule has 0 aliphatic rings. The summed E-state index contributed by atoms with van der Waals surface area (Å²) in [6, 6.07) is 50.3. The quantitative estimate of drug-likeness (QED) is 0.258. The van der Waals surface area contributed by atoms with Crippen LogP contribution in [0.25, 0.3) is 71.6 Å². The largest absolute Gasteiger partial charge is 0.354 e. The molecule has 8 rings (SSSR count). The van der Waals surface area contributed by atoms with E-state index in [1.165, 1.54) is 66.0 Å². The summed E-state index contributed by atoms with van der Waals surface area (Å²) < 4.78 is 2.37. The van der Waals surface area contributed by atoms with E-state index in [1.54, 1.807) is 0 Å². The number of hydrogen-bond acceptors (Lipinski definition) is 0. The van der Waals surface area contributed by atoms with Gasteiger partial charge in [0.25, 0.3) is 0 Å². The molecule has 8 aromatic rings. The first-order chi connectivity index (χ1) is 18.8. The highest BCUT2D eigenvalue weighted by Crippen LogP contribution is 2.41. The lowest BCUT2D eigenvalue weighted by Gasteiger charge is -2.12. The lowest BCUT2D eigenvalue weighted by atomic mass is 9.92. The molecule has 0 aliphatic carbocycles. The van der Waals surface area contributed by atoms with Gasteiger partial charge < -0.3 is 9.55 Å². The fourth-order valence-corrected chi connectivity index (χ4v) is 5.99. The molecule has 0 radical (unpaired) electrons. The molecule has 0 atom stereocenters. The number of aromatic amines is 1. The Morgan fingerprint density at radius 3 is 1.89 bits per heavy atom. The Morgan fingerprint density at radius 2 is 1.05 bits per heavy atom. The lowest BCUT2D eigenvalue weighted by molar-refractivity contribution is 1.18. The van der Waals surface area contributed by atoms with Gasteiger partial charge >= 0.3 is 0 Å². The third-order valence-electron chi connectivity index (χ3n) is 7.73. The molecule has 1 N–H and O–H groups in total. The predicted molar refractivity (Wildman–Crippen MR) is 161 cm³/mol.